The van der Waals surface area contributed by atoms with Gasteiger partial charge in [0.25, 0.3) is 0 Å². The number of rotatable bonds is 2. The van der Waals surface area contributed by atoms with Gasteiger partial charge >= 0.3 is 0 Å². The standard InChI is InChI=1S/C9H14O.C7H10O/c1-3-9(4-2)6-5-8(10)7-9;1-5-3-7(8)4-6(5)2/h5-6H,3-4,7H2,1-2H3;3,6H,4H2,1-2H3. The first-order chi connectivity index (χ1) is 8.42. The first kappa shape index (κ1) is 14.9. The van der Waals surface area contributed by atoms with Gasteiger partial charge in [0.2, 0.25) is 0 Å². The normalized spacial score (nSPS) is 24.9. The van der Waals surface area contributed by atoms with Gasteiger partial charge in [0.05, 0.1) is 0 Å². The van der Waals surface area contributed by atoms with Crippen LogP contribution < -0.4 is 0 Å². The minimum absolute atomic E-state index is 0.219. The van der Waals surface area contributed by atoms with Crippen LogP contribution in [0.15, 0.2) is 23.8 Å². The zero-order chi connectivity index (χ0) is 13.8. The quantitative estimate of drug-likeness (QED) is 0.743. The fraction of sp³-hybridized carbons (Fsp3) is 0.625. The zero-order valence-electron chi connectivity index (χ0n) is 12.0. The molecule has 2 heteroatoms. The van der Waals surface area contributed by atoms with E-state index in [2.05, 4.69) is 26.8 Å². The lowest BCUT2D eigenvalue weighted by Crippen LogP contribution is -2.13. The highest BCUT2D eigenvalue weighted by molar-refractivity contribution is 5.93. The molecule has 0 aromatic heterocycles. The maximum atomic E-state index is 10.9. The third-order valence-corrected chi connectivity index (χ3v) is 4.23. The zero-order valence-corrected chi connectivity index (χ0v) is 12.0. The van der Waals surface area contributed by atoms with Crippen LogP contribution in [0.3, 0.4) is 0 Å². The lowest BCUT2D eigenvalue weighted by Gasteiger charge is -2.21. The second-order valence-electron chi connectivity index (χ2n) is 5.51. The van der Waals surface area contributed by atoms with Crippen molar-refractivity contribution in [2.75, 3.05) is 0 Å². The average Bonchev–Trinajstić information content (AvgIpc) is 2.84. The Morgan fingerprint density at radius 2 is 1.83 bits per heavy atom. The van der Waals surface area contributed by atoms with Crippen LogP contribution in [-0.2, 0) is 9.59 Å². The SMILES string of the molecule is CC1=CC(=O)CC1C.CCC1(CC)C=CC(=O)C1. The lowest BCUT2D eigenvalue weighted by atomic mass is 9.82. The highest BCUT2D eigenvalue weighted by Gasteiger charge is 2.29. The molecule has 1 atom stereocenters. The first-order valence-corrected chi connectivity index (χ1v) is 6.85. The van der Waals surface area contributed by atoms with Crippen LogP contribution in [0, 0.1) is 11.3 Å². The Balaban J connectivity index is 0.000000184. The van der Waals surface area contributed by atoms with Crippen LogP contribution >= 0.6 is 0 Å². The van der Waals surface area contributed by atoms with Crippen molar-refractivity contribution in [3.05, 3.63) is 23.8 Å². The number of carbonyl (C=O) groups excluding carboxylic acids is 2. The number of allylic oxidation sites excluding steroid dienone is 4. The topological polar surface area (TPSA) is 34.1 Å². The number of hydrogen-bond acceptors (Lipinski definition) is 2. The van der Waals surface area contributed by atoms with Crippen LogP contribution in [0.4, 0.5) is 0 Å². The molecule has 0 spiro atoms. The monoisotopic (exact) mass is 248 g/mol. The molecule has 2 aliphatic carbocycles. The predicted molar refractivity (Wildman–Crippen MR) is 74.3 cm³/mol. The van der Waals surface area contributed by atoms with E-state index in [1.54, 1.807) is 12.2 Å². The van der Waals surface area contributed by atoms with Gasteiger partial charge in [0, 0.05) is 12.8 Å². The Morgan fingerprint density at radius 1 is 1.22 bits per heavy atom. The Hall–Kier alpha value is -1.18. The molecule has 0 aromatic rings. The van der Waals surface area contributed by atoms with E-state index in [9.17, 15) is 9.59 Å². The van der Waals surface area contributed by atoms with Gasteiger partial charge in [-0.2, -0.15) is 0 Å². The largest absolute Gasteiger partial charge is 0.295 e. The molecule has 0 aliphatic heterocycles. The first-order valence-electron chi connectivity index (χ1n) is 6.85. The number of ketones is 2. The Morgan fingerprint density at radius 3 is 2.00 bits per heavy atom. The molecule has 0 fully saturated rings. The van der Waals surface area contributed by atoms with Gasteiger partial charge in [-0.05, 0) is 43.3 Å². The van der Waals surface area contributed by atoms with Crippen molar-refractivity contribution in [3.8, 4) is 0 Å². The van der Waals surface area contributed by atoms with Crippen molar-refractivity contribution in [2.45, 2.75) is 53.4 Å². The van der Waals surface area contributed by atoms with Crippen molar-refractivity contribution in [2.24, 2.45) is 11.3 Å². The summed E-state index contributed by atoms with van der Waals surface area (Å²) >= 11 is 0. The fourth-order valence-electron chi connectivity index (χ4n) is 2.39. The summed E-state index contributed by atoms with van der Waals surface area (Å²) < 4.78 is 0. The third kappa shape index (κ3) is 3.66. The van der Waals surface area contributed by atoms with Gasteiger partial charge in [-0.1, -0.05) is 32.4 Å². The molecular formula is C16H24O2. The smallest absolute Gasteiger partial charge is 0.156 e. The summed E-state index contributed by atoms with van der Waals surface area (Å²) in [5.74, 6) is 1.08. The molecule has 100 valence electrons. The van der Waals surface area contributed by atoms with E-state index in [1.165, 1.54) is 5.57 Å². The molecule has 0 radical (unpaired) electrons. The molecule has 0 amide bonds. The van der Waals surface area contributed by atoms with E-state index in [0.717, 1.165) is 25.7 Å². The van der Waals surface area contributed by atoms with Crippen molar-refractivity contribution < 1.29 is 9.59 Å². The molecule has 2 aliphatic rings. The van der Waals surface area contributed by atoms with E-state index in [-0.39, 0.29) is 11.2 Å². The Kier molecular flexibility index (Phi) is 5.06. The average molecular weight is 248 g/mol. The van der Waals surface area contributed by atoms with Crippen LogP contribution in [0.5, 0.6) is 0 Å². The van der Waals surface area contributed by atoms with E-state index in [4.69, 9.17) is 0 Å². The molecule has 0 bridgehead atoms. The van der Waals surface area contributed by atoms with Crippen LogP contribution in [0.2, 0.25) is 0 Å². The van der Waals surface area contributed by atoms with Gasteiger partial charge < -0.3 is 0 Å². The predicted octanol–water partition coefficient (Wildman–Crippen LogP) is 3.86. The van der Waals surface area contributed by atoms with E-state index >= 15 is 0 Å². The van der Waals surface area contributed by atoms with Crippen LogP contribution in [-0.4, -0.2) is 11.6 Å². The highest BCUT2D eigenvalue weighted by atomic mass is 16.1. The van der Waals surface area contributed by atoms with Gasteiger partial charge in [-0.3, -0.25) is 9.59 Å². The summed E-state index contributed by atoms with van der Waals surface area (Å²) in [4.78, 5) is 21.5. The molecule has 1 unspecified atom stereocenters. The van der Waals surface area contributed by atoms with Gasteiger partial charge in [-0.25, -0.2) is 0 Å². The maximum absolute atomic E-state index is 10.9. The minimum Gasteiger partial charge on any atom is -0.295 e. The molecule has 0 N–H and O–H groups in total. The summed E-state index contributed by atoms with van der Waals surface area (Å²) in [5.41, 5.74) is 1.45. The molecule has 18 heavy (non-hydrogen) atoms. The number of carbonyl (C=O) groups is 2. The Bertz CT molecular complexity index is 384. The van der Waals surface area contributed by atoms with E-state index in [0.29, 0.717) is 11.7 Å². The van der Waals surface area contributed by atoms with Crippen molar-refractivity contribution in [1.29, 1.82) is 0 Å². The second-order valence-corrected chi connectivity index (χ2v) is 5.51. The second kappa shape index (κ2) is 6.12. The fourth-order valence-corrected chi connectivity index (χ4v) is 2.39. The molecule has 0 saturated heterocycles. The molecular weight excluding hydrogens is 224 g/mol. The van der Waals surface area contributed by atoms with Crippen molar-refractivity contribution in [1.82, 2.24) is 0 Å². The van der Waals surface area contributed by atoms with Gasteiger partial charge in [0.15, 0.2) is 11.6 Å². The van der Waals surface area contributed by atoms with Crippen LogP contribution in [0.25, 0.3) is 0 Å². The molecule has 0 saturated carbocycles. The lowest BCUT2D eigenvalue weighted by molar-refractivity contribution is -0.115. The minimum atomic E-state index is 0.219. The molecule has 0 heterocycles. The molecule has 0 aromatic carbocycles. The van der Waals surface area contributed by atoms with Crippen LogP contribution in [0.1, 0.15) is 53.4 Å². The molecule has 2 nitrogen and oxygen atoms in total. The maximum Gasteiger partial charge on any atom is 0.156 e. The van der Waals surface area contributed by atoms with E-state index in [1.807, 2.05) is 6.92 Å². The third-order valence-electron chi connectivity index (χ3n) is 4.23. The number of hydrogen-bond donors (Lipinski definition) is 0. The van der Waals surface area contributed by atoms with Crippen molar-refractivity contribution in [3.63, 3.8) is 0 Å². The summed E-state index contributed by atoms with van der Waals surface area (Å²) in [6.07, 6.45) is 9.19. The van der Waals surface area contributed by atoms with Crippen molar-refractivity contribution >= 4 is 11.6 Å². The summed E-state index contributed by atoms with van der Waals surface area (Å²) in [6, 6.07) is 0. The summed E-state index contributed by atoms with van der Waals surface area (Å²) in [6.45, 7) is 8.38. The van der Waals surface area contributed by atoms with Gasteiger partial charge in [-0.15, -0.1) is 0 Å². The summed E-state index contributed by atoms with van der Waals surface area (Å²) in [7, 11) is 0. The summed E-state index contributed by atoms with van der Waals surface area (Å²) in [5, 5.41) is 0. The molecule has 2 rings (SSSR count). The highest BCUT2D eigenvalue weighted by Crippen LogP contribution is 2.36. The Labute approximate surface area is 110 Å². The van der Waals surface area contributed by atoms with Gasteiger partial charge in [0.1, 0.15) is 0 Å². The van der Waals surface area contributed by atoms with E-state index < -0.39 is 0 Å².